The Bertz CT molecular complexity index is 196. The number of hydrogen-bond acceptors (Lipinski definition) is 3. The molecule has 2 N–H and O–H groups in total. The SMILES string of the molecule is CN(C)C(SSC(N)=S)=S(C)C. The second-order valence-electron chi connectivity index (χ2n) is 2.46. The smallest absolute Gasteiger partial charge is 0.142 e. The van der Waals surface area contributed by atoms with Gasteiger partial charge in [-0.3, -0.25) is 4.90 Å². The van der Waals surface area contributed by atoms with Crippen LogP contribution in [0.4, 0.5) is 0 Å². The molecule has 6 heteroatoms. The molecular formula is C6H14N2S4. The van der Waals surface area contributed by atoms with E-state index >= 15 is 0 Å². The summed E-state index contributed by atoms with van der Waals surface area (Å²) in [6, 6.07) is 0. The highest BCUT2D eigenvalue weighted by Crippen LogP contribution is 2.28. The zero-order valence-corrected chi connectivity index (χ0v) is 10.9. The van der Waals surface area contributed by atoms with Crippen molar-refractivity contribution in [3.8, 4) is 0 Å². The zero-order valence-electron chi connectivity index (χ0n) is 7.66. The van der Waals surface area contributed by atoms with E-state index in [0.29, 0.717) is 4.32 Å². The van der Waals surface area contributed by atoms with Crippen LogP contribution in [0.5, 0.6) is 0 Å². The van der Waals surface area contributed by atoms with Crippen LogP contribution in [0, 0.1) is 0 Å². The predicted octanol–water partition coefficient (Wildman–Crippen LogP) is 1.79. The van der Waals surface area contributed by atoms with E-state index in [4.69, 9.17) is 18.0 Å². The first kappa shape index (κ1) is 12.8. The molecule has 0 heterocycles. The van der Waals surface area contributed by atoms with Crippen LogP contribution in [0.2, 0.25) is 0 Å². The molecule has 0 aliphatic heterocycles. The largest absolute Gasteiger partial charge is 0.384 e. The molecule has 0 spiro atoms. The molecule has 72 valence electrons. The number of thiocarbonyl (C=S) groups is 1. The van der Waals surface area contributed by atoms with Crippen LogP contribution < -0.4 is 5.73 Å². The first-order valence-corrected chi connectivity index (χ1v) is 7.81. The quantitative estimate of drug-likeness (QED) is 0.517. The van der Waals surface area contributed by atoms with Crippen molar-refractivity contribution in [1.82, 2.24) is 4.90 Å². The molecule has 0 unspecified atom stereocenters. The van der Waals surface area contributed by atoms with E-state index in [1.807, 2.05) is 14.1 Å². The Hall–Kier alpha value is 0.770. The summed E-state index contributed by atoms with van der Waals surface area (Å²) in [5, 5.41) is 0. The highest BCUT2D eigenvalue weighted by molar-refractivity contribution is 8.90. The van der Waals surface area contributed by atoms with Gasteiger partial charge in [0.2, 0.25) is 0 Å². The van der Waals surface area contributed by atoms with Crippen LogP contribution in [0.15, 0.2) is 0 Å². The third-order valence-corrected chi connectivity index (χ3v) is 6.12. The van der Waals surface area contributed by atoms with Gasteiger partial charge in [-0.05, 0) is 48.2 Å². The second-order valence-corrected chi connectivity index (χ2v) is 7.60. The monoisotopic (exact) mass is 242 g/mol. The molecule has 0 rings (SSSR count). The van der Waals surface area contributed by atoms with Gasteiger partial charge in [0.1, 0.15) is 4.32 Å². The lowest BCUT2D eigenvalue weighted by Gasteiger charge is -2.15. The molecule has 0 bridgehead atoms. The lowest BCUT2D eigenvalue weighted by molar-refractivity contribution is 0.648. The van der Waals surface area contributed by atoms with E-state index in [-0.39, 0.29) is 10.5 Å². The first-order valence-electron chi connectivity index (χ1n) is 3.21. The van der Waals surface area contributed by atoms with Crippen LogP contribution in [0.25, 0.3) is 0 Å². The van der Waals surface area contributed by atoms with Gasteiger partial charge < -0.3 is 5.73 Å². The van der Waals surface area contributed by atoms with E-state index in [1.54, 1.807) is 10.8 Å². The lowest BCUT2D eigenvalue weighted by Crippen LogP contribution is -2.18. The van der Waals surface area contributed by atoms with Crippen molar-refractivity contribution in [2.24, 2.45) is 5.73 Å². The highest BCUT2D eigenvalue weighted by atomic mass is 33.1. The molecule has 2 nitrogen and oxygen atoms in total. The molecule has 0 aromatic rings. The minimum Gasteiger partial charge on any atom is -0.384 e. The molecule has 12 heavy (non-hydrogen) atoms. The maximum absolute atomic E-state index is 5.39. The highest BCUT2D eigenvalue weighted by Gasteiger charge is 2.04. The van der Waals surface area contributed by atoms with E-state index in [1.165, 1.54) is 15.1 Å². The Morgan fingerprint density at radius 1 is 1.33 bits per heavy atom. The Balaban J connectivity index is 4.18. The van der Waals surface area contributed by atoms with Crippen molar-refractivity contribution in [3.05, 3.63) is 0 Å². The van der Waals surface area contributed by atoms with Crippen molar-refractivity contribution < 1.29 is 0 Å². The van der Waals surface area contributed by atoms with Gasteiger partial charge in [-0.25, -0.2) is 0 Å². The fourth-order valence-electron chi connectivity index (χ4n) is 0.584. The van der Waals surface area contributed by atoms with Gasteiger partial charge in [0.15, 0.2) is 0 Å². The van der Waals surface area contributed by atoms with Gasteiger partial charge in [-0.2, -0.15) is 10.5 Å². The Morgan fingerprint density at radius 2 is 1.83 bits per heavy atom. The summed E-state index contributed by atoms with van der Waals surface area (Å²) in [4.78, 5) is 2.11. The molecular weight excluding hydrogens is 228 g/mol. The topological polar surface area (TPSA) is 29.3 Å². The molecule has 0 radical (unpaired) electrons. The minimum absolute atomic E-state index is 0.270. The van der Waals surface area contributed by atoms with Crippen molar-refractivity contribution in [2.45, 2.75) is 0 Å². The van der Waals surface area contributed by atoms with Crippen LogP contribution in [-0.4, -0.2) is 40.1 Å². The predicted molar refractivity (Wildman–Crippen MR) is 70.1 cm³/mol. The fraction of sp³-hybridized carbons (Fsp3) is 0.667. The van der Waals surface area contributed by atoms with Crippen LogP contribution >= 0.6 is 44.3 Å². The summed E-state index contributed by atoms with van der Waals surface area (Å²) in [6.07, 6.45) is 4.37. The van der Waals surface area contributed by atoms with Gasteiger partial charge in [0, 0.05) is 0 Å². The Labute approximate surface area is 90.0 Å². The molecule has 0 aliphatic rings. The van der Waals surface area contributed by atoms with E-state index in [9.17, 15) is 0 Å². The Morgan fingerprint density at radius 3 is 2.08 bits per heavy atom. The third kappa shape index (κ3) is 5.42. The third-order valence-electron chi connectivity index (χ3n) is 0.909. The van der Waals surface area contributed by atoms with Crippen molar-refractivity contribution >= 4 is 52.9 Å². The number of hydrogen-bond donors (Lipinski definition) is 1. The first-order chi connectivity index (χ1) is 5.45. The summed E-state index contributed by atoms with van der Waals surface area (Å²) >= 11 is 4.78. The minimum atomic E-state index is 0.270. The van der Waals surface area contributed by atoms with Crippen molar-refractivity contribution in [2.75, 3.05) is 26.6 Å². The average Bonchev–Trinajstić information content (AvgIpc) is 1.84. The van der Waals surface area contributed by atoms with Gasteiger partial charge in [0.05, 0.1) is 4.32 Å². The summed E-state index contributed by atoms with van der Waals surface area (Å²) in [5.41, 5.74) is 5.39. The van der Waals surface area contributed by atoms with E-state index < -0.39 is 0 Å². The maximum Gasteiger partial charge on any atom is 0.142 e. The average molecular weight is 242 g/mol. The second kappa shape index (κ2) is 6.26. The summed E-state index contributed by atoms with van der Waals surface area (Å²) in [7, 11) is 7.45. The molecule has 0 fully saturated rings. The molecule has 0 amide bonds. The molecule has 0 saturated carbocycles. The molecule has 0 aromatic heterocycles. The van der Waals surface area contributed by atoms with E-state index in [2.05, 4.69) is 17.4 Å². The zero-order chi connectivity index (χ0) is 9.72. The number of rotatable bonds is 0. The molecule has 0 saturated heterocycles. The summed E-state index contributed by atoms with van der Waals surface area (Å²) in [5.74, 6) is 0. The summed E-state index contributed by atoms with van der Waals surface area (Å²) in [6.45, 7) is 0. The molecule has 0 aliphatic carbocycles. The van der Waals surface area contributed by atoms with E-state index in [0.717, 1.165) is 0 Å². The van der Waals surface area contributed by atoms with Crippen LogP contribution in [-0.2, 0) is 0 Å². The van der Waals surface area contributed by atoms with Gasteiger partial charge in [0.25, 0.3) is 0 Å². The molecule has 0 atom stereocenters. The maximum atomic E-state index is 5.39. The van der Waals surface area contributed by atoms with Crippen molar-refractivity contribution in [1.29, 1.82) is 0 Å². The van der Waals surface area contributed by atoms with Crippen molar-refractivity contribution in [3.63, 3.8) is 0 Å². The number of nitrogens with zero attached hydrogens (tertiary/aromatic N) is 1. The standard InChI is InChI=1S/C6H14N2S4/c1-8(2)6(12(3)4)11-10-5(7)9/h1-4H3,(H2,7,9). The van der Waals surface area contributed by atoms with Gasteiger partial charge >= 0.3 is 0 Å². The number of nitrogens with two attached hydrogens (primary N) is 1. The lowest BCUT2D eigenvalue weighted by atomic mass is 11.0. The van der Waals surface area contributed by atoms with Crippen LogP contribution in [0.1, 0.15) is 0 Å². The summed E-state index contributed by atoms with van der Waals surface area (Å²) < 4.78 is 1.80. The molecule has 0 aromatic carbocycles. The Kier molecular flexibility index (Phi) is 6.66. The fourth-order valence-corrected chi connectivity index (χ4v) is 4.91. The normalized spacial score (nSPS) is 10.8. The van der Waals surface area contributed by atoms with Gasteiger partial charge in [-0.1, -0.05) is 12.2 Å². The van der Waals surface area contributed by atoms with Crippen LogP contribution in [0.3, 0.4) is 0 Å². The van der Waals surface area contributed by atoms with Gasteiger partial charge in [-0.15, -0.1) is 0 Å².